The summed E-state index contributed by atoms with van der Waals surface area (Å²) < 4.78 is 28.8. The predicted octanol–water partition coefficient (Wildman–Crippen LogP) is 2.16. The van der Waals surface area contributed by atoms with Gasteiger partial charge in [0.15, 0.2) is 16.4 Å². The maximum atomic E-state index is 13.1. The zero-order chi connectivity index (χ0) is 21.5. The number of hydrogen-bond donors (Lipinski definition) is 0. The maximum absolute atomic E-state index is 13.1. The molecule has 0 unspecified atom stereocenters. The standard InChI is InChI=1S/C22H26N2O5S/c1-14-7-8-19-17(11-14)21(16-5-3-4-6-18(16)23-19)22(26)29-12-20(25)24(2)15-9-10-30(27,28)13-15/h3-6,14-15H,7-13H2,1-2H3/t14-,15-/m0/s1. The van der Waals surface area contributed by atoms with Crippen LogP contribution in [-0.4, -0.2) is 61.4 Å². The molecule has 1 aromatic carbocycles. The molecule has 2 atom stereocenters. The van der Waals surface area contributed by atoms with Crippen LogP contribution in [0.1, 0.15) is 41.4 Å². The number of amides is 1. The van der Waals surface area contributed by atoms with Crippen molar-refractivity contribution in [1.29, 1.82) is 0 Å². The molecule has 1 fully saturated rings. The molecule has 0 radical (unpaired) electrons. The molecule has 2 heterocycles. The van der Waals surface area contributed by atoms with Crippen LogP contribution in [0.15, 0.2) is 24.3 Å². The van der Waals surface area contributed by atoms with Gasteiger partial charge in [0, 0.05) is 24.2 Å². The third-order valence-corrected chi connectivity index (χ3v) is 7.94. The van der Waals surface area contributed by atoms with Crippen LogP contribution in [0.5, 0.6) is 0 Å². The average Bonchev–Trinajstić information content (AvgIpc) is 3.09. The van der Waals surface area contributed by atoms with Crippen molar-refractivity contribution in [1.82, 2.24) is 9.88 Å². The van der Waals surface area contributed by atoms with Gasteiger partial charge < -0.3 is 9.64 Å². The topological polar surface area (TPSA) is 93.6 Å². The molecule has 0 N–H and O–H groups in total. The first-order chi connectivity index (χ1) is 14.2. The Kier molecular flexibility index (Phi) is 5.53. The fourth-order valence-electron chi connectivity index (χ4n) is 4.38. The van der Waals surface area contributed by atoms with Crippen LogP contribution in [-0.2, 0) is 32.2 Å². The normalized spacial score (nSPS) is 22.5. The smallest absolute Gasteiger partial charge is 0.339 e. The van der Waals surface area contributed by atoms with Gasteiger partial charge in [-0.15, -0.1) is 0 Å². The highest BCUT2D eigenvalue weighted by atomic mass is 32.2. The van der Waals surface area contributed by atoms with Gasteiger partial charge in [-0.25, -0.2) is 13.2 Å². The Bertz CT molecular complexity index is 1110. The number of ether oxygens (including phenoxy) is 1. The van der Waals surface area contributed by atoms with Gasteiger partial charge in [-0.2, -0.15) is 0 Å². The second-order valence-corrected chi connectivity index (χ2v) is 10.6. The fourth-order valence-corrected chi connectivity index (χ4v) is 6.16. The molecular weight excluding hydrogens is 404 g/mol. The number of benzene rings is 1. The van der Waals surface area contributed by atoms with E-state index >= 15 is 0 Å². The largest absolute Gasteiger partial charge is 0.452 e. The molecule has 7 nitrogen and oxygen atoms in total. The Morgan fingerprint density at radius 1 is 1.23 bits per heavy atom. The number of fused-ring (bicyclic) bond motifs is 2. The van der Waals surface area contributed by atoms with Gasteiger partial charge >= 0.3 is 5.97 Å². The van der Waals surface area contributed by atoms with Crippen LogP contribution in [0.4, 0.5) is 0 Å². The molecule has 1 aliphatic heterocycles. The van der Waals surface area contributed by atoms with Crippen LogP contribution >= 0.6 is 0 Å². The Hall–Kier alpha value is -2.48. The summed E-state index contributed by atoms with van der Waals surface area (Å²) in [5, 5.41) is 0.734. The molecule has 1 saturated heterocycles. The summed E-state index contributed by atoms with van der Waals surface area (Å²) in [7, 11) is -1.53. The van der Waals surface area contributed by atoms with Crippen molar-refractivity contribution in [2.75, 3.05) is 25.2 Å². The minimum atomic E-state index is -3.10. The lowest BCUT2D eigenvalue weighted by Gasteiger charge is -2.25. The van der Waals surface area contributed by atoms with Crippen LogP contribution < -0.4 is 0 Å². The highest BCUT2D eigenvalue weighted by molar-refractivity contribution is 7.91. The molecule has 1 aliphatic carbocycles. The van der Waals surface area contributed by atoms with Gasteiger partial charge in [0.1, 0.15) is 0 Å². The van der Waals surface area contributed by atoms with Crippen molar-refractivity contribution in [3.63, 3.8) is 0 Å². The molecule has 1 aromatic heterocycles. The number of carbonyl (C=O) groups excluding carboxylic acids is 2. The fraction of sp³-hybridized carbons (Fsp3) is 0.500. The summed E-state index contributed by atoms with van der Waals surface area (Å²) in [6.07, 6.45) is 3.02. The second kappa shape index (κ2) is 7.98. The third-order valence-electron chi connectivity index (χ3n) is 6.19. The summed E-state index contributed by atoms with van der Waals surface area (Å²) in [5.74, 6) is -0.429. The van der Waals surface area contributed by atoms with Crippen LogP contribution in [0.2, 0.25) is 0 Å². The van der Waals surface area contributed by atoms with E-state index in [1.165, 1.54) is 4.90 Å². The molecule has 8 heteroatoms. The SMILES string of the molecule is C[C@H]1CCc2nc3ccccc3c(C(=O)OCC(=O)N(C)[C@H]3CCS(=O)(=O)C3)c2C1. The van der Waals surface area contributed by atoms with Gasteiger partial charge in [-0.05, 0) is 43.2 Å². The summed E-state index contributed by atoms with van der Waals surface area (Å²) in [5.41, 5.74) is 3.09. The Balaban J connectivity index is 1.55. The number of likely N-dealkylation sites (N-methyl/N-ethyl adjacent to an activating group) is 1. The van der Waals surface area contributed by atoms with Gasteiger partial charge in [0.2, 0.25) is 0 Å². The molecule has 4 rings (SSSR count). The van der Waals surface area contributed by atoms with Gasteiger partial charge in [0.05, 0.1) is 22.6 Å². The van der Waals surface area contributed by atoms with E-state index in [9.17, 15) is 18.0 Å². The van der Waals surface area contributed by atoms with E-state index in [0.29, 0.717) is 17.9 Å². The number of esters is 1. The van der Waals surface area contributed by atoms with Crippen LogP contribution in [0, 0.1) is 5.92 Å². The number of rotatable bonds is 4. The molecule has 0 saturated carbocycles. The Morgan fingerprint density at radius 3 is 2.73 bits per heavy atom. The Morgan fingerprint density at radius 2 is 2.00 bits per heavy atom. The third kappa shape index (κ3) is 4.05. The highest BCUT2D eigenvalue weighted by Gasteiger charge is 2.33. The average molecular weight is 431 g/mol. The number of sulfone groups is 1. The van der Waals surface area contributed by atoms with Crippen molar-refractivity contribution in [3.05, 3.63) is 41.1 Å². The first kappa shape index (κ1) is 20.8. The van der Waals surface area contributed by atoms with E-state index in [1.54, 1.807) is 7.05 Å². The molecular formula is C22H26N2O5S. The minimum absolute atomic E-state index is 0.0381. The maximum Gasteiger partial charge on any atom is 0.339 e. The molecule has 0 bridgehead atoms. The number of carbonyl (C=O) groups is 2. The minimum Gasteiger partial charge on any atom is -0.452 e. The van der Waals surface area contributed by atoms with Crippen molar-refractivity contribution in [2.24, 2.45) is 5.92 Å². The van der Waals surface area contributed by atoms with E-state index in [2.05, 4.69) is 6.92 Å². The lowest BCUT2D eigenvalue weighted by Crippen LogP contribution is -2.40. The van der Waals surface area contributed by atoms with Gasteiger partial charge in [0.25, 0.3) is 5.91 Å². The lowest BCUT2D eigenvalue weighted by molar-refractivity contribution is -0.134. The number of para-hydroxylation sites is 1. The summed E-state index contributed by atoms with van der Waals surface area (Å²) in [6, 6.07) is 7.12. The van der Waals surface area contributed by atoms with E-state index < -0.39 is 28.3 Å². The zero-order valence-corrected chi connectivity index (χ0v) is 18.1. The predicted molar refractivity (Wildman–Crippen MR) is 113 cm³/mol. The lowest BCUT2D eigenvalue weighted by atomic mass is 9.84. The van der Waals surface area contributed by atoms with Gasteiger partial charge in [-0.3, -0.25) is 9.78 Å². The molecule has 0 spiro atoms. The van der Waals surface area contributed by atoms with E-state index in [-0.39, 0.29) is 17.5 Å². The number of aromatic nitrogens is 1. The molecule has 1 amide bonds. The number of hydrogen-bond acceptors (Lipinski definition) is 6. The summed E-state index contributed by atoms with van der Waals surface area (Å²) >= 11 is 0. The van der Waals surface area contributed by atoms with Crippen molar-refractivity contribution in [3.8, 4) is 0 Å². The van der Waals surface area contributed by atoms with Crippen LogP contribution in [0.3, 0.4) is 0 Å². The molecule has 2 aliphatic rings. The van der Waals surface area contributed by atoms with Crippen molar-refractivity contribution >= 4 is 32.6 Å². The molecule has 2 aromatic rings. The zero-order valence-electron chi connectivity index (χ0n) is 17.3. The number of nitrogens with zero attached hydrogens (tertiary/aromatic N) is 2. The van der Waals surface area contributed by atoms with Gasteiger partial charge in [-0.1, -0.05) is 25.1 Å². The molecule has 30 heavy (non-hydrogen) atoms. The monoisotopic (exact) mass is 430 g/mol. The number of aryl methyl sites for hydroxylation is 1. The Labute approximate surface area is 176 Å². The van der Waals surface area contributed by atoms with Crippen LogP contribution in [0.25, 0.3) is 10.9 Å². The highest BCUT2D eigenvalue weighted by Crippen LogP contribution is 2.32. The summed E-state index contributed by atoms with van der Waals surface area (Å²) in [4.78, 5) is 31.7. The first-order valence-electron chi connectivity index (χ1n) is 10.3. The van der Waals surface area contributed by atoms with E-state index in [4.69, 9.17) is 9.72 Å². The van der Waals surface area contributed by atoms with E-state index in [1.807, 2.05) is 24.3 Å². The quantitative estimate of drug-likeness (QED) is 0.690. The van der Waals surface area contributed by atoms with Crippen molar-refractivity contribution < 1.29 is 22.7 Å². The van der Waals surface area contributed by atoms with Crippen molar-refractivity contribution in [2.45, 2.75) is 38.6 Å². The molecule has 160 valence electrons. The van der Waals surface area contributed by atoms with E-state index in [0.717, 1.165) is 41.4 Å². The first-order valence-corrected chi connectivity index (χ1v) is 12.1. The summed E-state index contributed by atoms with van der Waals surface area (Å²) in [6.45, 7) is 1.74. The second-order valence-electron chi connectivity index (χ2n) is 8.41. The number of pyridine rings is 1.